The van der Waals surface area contributed by atoms with E-state index in [0.29, 0.717) is 16.1 Å². The topological polar surface area (TPSA) is 55.2 Å². The normalized spacial score (nSPS) is 10.5. The summed E-state index contributed by atoms with van der Waals surface area (Å²) >= 11 is 5.96. The molecule has 4 nitrogen and oxygen atoms in total. The number of hydrogen-bond acceptors (Lipinski definition) is 3. The first-order chi connectivity index (χ1) is 9.90. The van der Waals surface area contributed by atoms with E-state index in [9.17, 15) is 14.5 Å². The van der Waals surface area contributed by atoms with E-state index in [1.807, 2.05) is 0 Å². The van der Waals surface area contributed by atoms with Gasteiger partial charge in [-0.15, -0.1) is 0 Å². The molecule has 0 saturated carbocycles. The van der Waals surface area contributed by atoms with Gasteiger partial charge in [-0.3, -0.25) is 10.1 Å². The minimum absolute atomic E-state index is 0.0713. The number of nitrogens with zero attached hydrogens (tertiary/aromatic N) is 1. The molecule has 0 unspecified atom stereocenters. The Hall–Kier alpha value is -2.14. The van der Waals surface area contributed by atoms with Crippen molar-refractivity contribution in [2.24, 2.45) is 0 Å². The van der Waals surface area contributed by atoms with E-state index in [2.05, 4.69) is 5.32 Å². The number of aryl methyl sites for hydroxylation is 2. The lowest BCUT2D eigenvalue weighted by Crippen LogP contribution is -2.05. The second kappa shape index (κ2) is 6.10. The predicted molar refractivity (Wildman–Crippen MR) is 81.3 cm³/mol. The predicted octanol–water partition coefficient (Wildman–Crippen LogP) is 4.62. The van der Waals surface area contributed by atoms with Crippen LogP contribution >= 0.6 is 11.6 Å². The summed E-state index contributed by atoms with van der Waals surface area (Å²) in [5.74, 6) is -0.383. The Morgan fingerprint density at radius 1 is 1.29 bits per heavy atom. The van der Waals surface area contributed by atoms with Gasteiger partial charge in [0.1, 0.15) is 5.82 Å². The second-order valence-electron chi connectivity index (χ2n) is 4.76. The van der Waals surface area contributed by atoms with Crippen LogP contribution in [0.3, 0.4) is 0 Å². The fourth-order valence-corrected chi connectivity index (χ4v) is 2.30. The summed E-state index contributed by atoms with van der Waals surface area (Å²) < 4.78 is 13.7. The van der Waals surface area contributed by atoms with Crippen LogP contribution in [0.5, 0.6) is 0 Å². The van der Waals surface area contributed by atoms with E-state index in [1.165, 1.54) is 12.1 Å². The van der Waals surface area contributed by atoms with Crippen LogP contribution in [0.15, 0.2) is 30.3 Å². The van der Waals surface area contributed by atoms with Gasteiger partial charge in [-0.1, -0.05) is 17.7 Å². The van der Waals surface area contributed by atoms with Crippen molar-refractivity contribution in [2.45, 2.75) is 20.4 Å². The summed E-state index contributed by atoms with van der Waals surface area (Å²) in [4.78, 5) is 10.5. The lowest BCUT2D eigenvalue weighted by atomic mass is 10.1. The lowest BCUT2D eigenvalue weighted by Gasteiger charge is -2.12. The molecule has 110 valence electrons. The SMILES string of the molecule is Cc1cc([N+](=O)[O-])c(C)cc1NCc1c(F)cccc1Cl. The highest BCUT2D eigenvalue weighted by molar-refractivity contribution is 6.31. The Morgan fingerprint density at radius 3 is 2.62 bits per heavy atom. The zero-order chi connectivity index (χ0) is 15.6. The van der Waals surface area contributed by atoms with Gasteiger partial charge in [0.25, 0.3) is 5.69 Å². The molecule has 2 aromatic carbocycles. The van der Waals surface area contributed by atoms with Crippen LogP contribution in [0.25, 0.3) is 0 Å². The van der Waals surface area contributed by atoms with Crippen LogP contribution in [0.2, 0.25) is 5.02 Å². The first-order valence-corrected chi connectivity index (χ1v) is 6.70. The number of rotatable bonds is 4. The van der Waals surface area contributed by atoms with Crippen LogP contribution in [0.1, 0.15) is 16.7 Å². The third kappa shape index (κ3) is 3.31. The van der Waals surface area contributed by atoms with E-state index in [1.54, 1.807) is 32.0 Å². The summed E-state index contributed by atoms with van der Waals surface area (Å²) in [6.07, 6.45) is 0. The molecule has 2 rings (SSSR count). The van der Waals surface area contributed by atoms with E-state index in [4.69, 9.17) is 11.6 Å². The number of hydrogen-bond donors (Lipinski definition) is 1. The van der Waals surface area contributed by atoms with Crippen LogP contribution in [0, 0.1) is 29.8 Å². The minimum Gasteiger partial charge on any atom is -0.381 e. The van der Waals surface area contributed by atoms with Crippen LogP contribution in [0.4, 0.5) is 15.8 Å². The Labute approximate surface area is 126 Å². The highest BCUT2D eigenvalue weighted by Crippen LogP contribution is 2.27. The van der Waals surface area contributed by atoms with Crippen molar-refractivity contribution in [1.29, 1.82) is 0 Å². The van der Waals surface area contributed by atoms with Gasteiger partial charge in [-0.2, -0.15) is 0 Å². The molecule has 0 radical (unpaired) electrons. The smallest absolute Gasteiger partial charge is 0.272 e. The molecule has 0 saturated heterocycles. The zero-order valence-corrected chi connectivity index (χ0v) is 12.4. The molecule has 0 aromatic heterocycles. The molecular weight excluding hydrogens is 295 g/mol. The average molecular weight is 309 g/mol. The summed E-state index contributed by atoms with van der Waals surface area (Å²) in [5.41, 5.74) is 2.43. The zero-order valence-electron chi connectivity index (χ0n) is 11.6. The van der Waals surface area contributed by atoms with Crippen molar-refractivity contribution >= 4 is 23.0 Å². The third-order valence-corrected chi connectivity index (χ3v) is 3.61. The number of nitrogens with one attached hydrogen (secondary N) is 1. The van der Waals surface area contributed by atoms with Crippen LogP contribution in [-0.4, -0.2) is 4.92 Å². The average Bonchev–Trinajstić information content (AvgIpc) is 2.41. The fourth-order valence-electron chi connectivity index (χ4n) is 2.07. The van der Waals surface area contributed by atoms with Gasteiger partial charge < -0.3 is 5.32 Å². The van der Waals surface area contributed by atoms with E-state index >= 15 is 0 Å². The molecule has 0 heterocycles. The third-order valence-electron chi connectivity index (χ3n) is 3.26. The number of anilines is 1. The highest BCUT2D eigenvalue weighted by atomic mass is 35.5. The van der Waals surface area contributed by atoms with Crippen molar-refractivity contribution in [2.75, 3.05) is 5.32 Å². The van der Waals surface area contributed by atoms with Gasteiger partial charge in [-0.25, -0.2) is 4.39 Å². The van der Waals surface area contributed by atoms with Crippen LogP contribution < -0.4 is 5.32 Å². The van der Waals surface area contributed by atoms with Crippen molar-refractivity contribution in [1.82, 2.24) is 0 Å². The van der Waals surface area contributed by atoms with Gasteiger partial charge in [0.05, 0.1) is 4.92 Å². The quantitative estimate of drug-likeness (QED) is 0.662. The highest BCUT2D eigenvalue weighted by Gasteiger charge is 2.14. The molecule has 0 spiro atoms. The molecule has 2 aromatic rings. The molecule has 1 N–H and O–H groups in total. The molecule has 0 bridgehead atoms. The molecular formula is C15H14ClFN2O2. The second-order valence-corrected chi connectivity index (χ2v) is 5.17. The maximum atomic E-state index is 13.7. The van der Waals surface area contributed by atoms with Crippen LogP contribution in [-0.2, 0) is 6.54 Å². The number of nitro groups is 1. The molecule has 21 heavy (non-hydrogen) atoms. The van der Waals surface area contributed by atoms with Gasteiger partial charge in [0.2, 0.25) is 0 Å². The van der Waals surface area contributed by atoms with Gasteiger partial charge >= 0.3 is 0 Å². The largest absolute Gasteiger partial charge is 0.381 e. The molecule has 0 aliphatic carbocycles. The van der Waals surface area contributed by atoms with E-state index < -0.39 is 4.92 Å². The Bertz CT molecular complexity index is 684. The molecule has 6 heteroatoms. The monoisotopic (exact) mass is 308 g/mol. The fraction of sp³-hybridized carbons (Fsp3) is 0.200. The maximum absolute atomic E-state index is 13.7. The molecule has 0 fully saturated rings. The Kier molecular flexibility index (Phi) is 4.43. The Balaban J connectivity index is 2.25. The van der Waals surface area contributed by atoms with E-state index in [-0.39, 0.29) is 18.0 Å². The van der Waals surface area contributed by atoms with Crippen molar-refractivity contribution in [3.8, 4) is 0 Å². The summed E-state index contributed by atoms with van der Waals surface area (Å²) in [6, 6.07) is 7.69. The Morgan fingerprint density at radius 2 is 2.00 bits per heavy atom. The van der Waals surface area contributed by atoms with Gasteiger partial charge in [0.15, 0.2) is 0 Å². The van der Waals surface area contributed by atoms with Crippen molar-refractivity contribution < 1.29 is 9.31 Å². The summed E-state index contributed by atoms with van der Waals surface area (Å²) in [5, 5.41) is 14.3. The number of benzene rings is 2. The molecule has 0 aliphatic rings. The molecule has 0 amide bonds. The standard InChI is InChI=1S/C15H14ClFN2O2/c1-9-7-15(19(20)21)10(2)6-14(9)18-8-11-12(16)4-3-5-13(11)17/h3-7,18H,8H2,1-2H3. The first kappa shape index (κ1) is 15.3. The number of nitro benzene ring substituents is 1. The first-order valence-electron chi connectivity index (χ1n) is 6.32. The van der Waals surface area contributed by atoms with Crippen molar-refractivity contribution in [3.05, 3.63) is 68.0 Å². The molecule has 0 aliphatic heterocycles. The van der Waals surface area contributed by atoms with Gasteiger partial charge in [0, 0.05) is 34.4 Å². The summed E-state index contributed by atoms with van der Waals surface area (Å²) in [6.45, 7) is 3.64. The number of halogens is 2. The van der Waals surface area contributed by atoms with Crippen molar-refractivity contribution in [3.63, 3.8) is 0 Å². The summed E-state index contributed by atoms with van der Waals surface area (Å²) in [7, 11) is 0. The minimum atomic E-state index is -0.417. The lowest BCUT2D eigenvalue weighted by molar-refractivity contribution is -0.385. The van der Waals surface area contributed by atoms with Gasteiger partial charge in [-0.05, 0) is 37.6 Å². The molecule has 0 atom stereocenters. The van der Waals surface area contributed by atoms with E-state index in [0.717, 1.165) is 11.3 Å². The maximum Gasteiger partial charge on any atom is 0.272 e.